The summed E-state index contributed by atoms with van der Waals surface area (Å²) in [4.78, 5) is 2.60. The van der Waals surface area contributed by atoms with E-state index in [1.54, 1.807) is 7.11 Å². The molecule has 0 bridgehead atoms. The van der Waals surface area contributed by atoms with Gasteiger partial charge in [0.05, 0.1) is 7.11 Å². The van der Waals surface area contributed by atoms with Crippen molar-refractivity contribution in [1.82, 2.24) is 10.2 Å². The van der Waals surface area contributed by atoms with Crippen LogP contribution >= 0.6 is 0 Å². The van der Waals surface area contributed by atoms with Gasteiger partial charge in [-0.3, -0.25) is 4.90 Å². The van der Waals surface area contributed by atoms with E-state index in [2.05, 4.69) is 42.3 Å². The smallest absolute Gasteiger partial charge is 0.122 e. The highest BCUT2D eigenvalue weighted by molar-refractivity contribution is 5.36. The van der Waals surface area contributed by atoms with Gasteiger partial charge in [-0.25, -0.2) is 0 Å². The van der Waals surface area contributed by atoms with Crippen molar-refractivity contribution in [1.29, 1.82) is 0 Å². The number of hydrogen-bond donors (Lipinski definition) is 1. The van der Waals surface area contributed by atoms with Crippen molar-refractivity contribution in [3.05, 3.63) is 29.3 Å². The van der Waals surface area contributed by atoms with Crippen LogP contribution in [0.5, 0.6) is 5.75 Å². The van der Waals surface area contributed by atoms with Crippen LogP contribution in [0.15, 0.2) is 18.2 Å². The van der Waals surface area contributed by atoms with E-state index < -0.39 is 0 Å². The quantitative estimate of drug-likeness (QED) is 0.882. The number of aryl methyl sites for hydroxylation is 1. The molecule has 19 heavy (non-hydrogen) atoms. The van der Waals surface area contributed by atoms with Crippen LogP contribution in [0.4, 0.5) is 0 Å². The Kier molecular flexibility index (Phi) is 5.23. The summed E-state index contributed by atoms with van der Waals surface area (Å²) in [6, 6.07) is 7.24. The average Bonchev–Trinajstić information content (AvgIpc) is 2.43. The Balaban J connectivity index is 2.06. The zero-order chi connectivity index (χ0) is 13.7. The number of nitrogens with one attached hydrogen (secondary N) is 1. The van der Waals surface area contributed by atoms with E-state index in [4.69, 9.17) is 4.74 Å². The Hall–Kier alpha value is -1.06. The summed E-state index contributed by atoms with van der Waals surface area (Å²) in [5.74, 6) is 1.000. The third kappa shape index (κ3) is 3.71. The molecule has 0 aromatic heterocycles. The molecule has 1 fully saturated rings. The topological polar surface area (TPSA) is 24.5 Å². The minimum atomic E-state index is 0.672. The highest BCUT2D eigenvalue weighted by Crippen LogP contribution is 2.21. The summed E-state index contributed by atoms with van der Waals surface area (Å²) in [5, 5.41) is 3.50. The van der Waals surface area contributed by atoms with Crippen molar-refractivity contribution in [2.75, 3.05) is 26.7 Å². The molecule has 1 heterocycles. The number of methoxy groups -OCH3 is 1. The molecule has 1 atom stereocenters. The minimum absolute atomic E-state index is 0.672. The molecule has 1 unspecified atom stereocenters. The van der Waals surface area contributed by atoms with Gasteiger partial charge in [0.25, 0.3) is 0 Å². The molecule has 1 N–H and O–H groups in total. The molecule has 0 amide bonds. The lowest BCUT2D eigenvalue weighted by molar-refractivity contribution is 0.144. The Morgan fingerprint density at radius 1 is 1.42 bits per heavy atom. The molecule has 3 nitrogen and oxygen atoms in total. The SMILES string of the molecule is CCCC1CNCCN1Cc1ccc(C)c(OC)c1. The van der Waals surface area contributed by atoms with Crippen molar-refractivity contribution in [3.63, 3.8) is 0 Å². The van der Waals surface area contributed by atoms with Gasteiger partial charge in [-0.15, -0.1) is 0 Å². The molecule has 1 aromatic carbocycles. The van der Waals surface area contributed by atoms with E-state index in [0.717, 1.165) is 31.9 Å². The molecule has 1 saturated heterocycles. The lowest BCUT2D eigenvalue weighted by Gasteiger charge is -2.36. The van der Waals surface area contributed by atoms with E-state index >= 15 is 0 Å². The molecule has 106 valence electrons. The summed E-state index contributed by atoms with van der Waals surface area (Å²) >= 11 is 0. The first kappa shape index (κ1) is 14.4. The summed E-state index contributed by atoms with van der Waals surface area (Å²) in [6.07, 6.45) is 2.52. The highest BCUT2D eigenvalue weighted by Gasteiger charge is 2.21. The highest BCUT2D eigenvalue weighted by atomic mass is 16.5. The first-order chi connectivity index (χ1) is 9.24. The van der Waals surface area contributed by atoms with E-state index in [9.17, 15) is 0 Å². The number of piperazine rings is 1. The maximum atomic E-state index is 5.42. The monoisotopic (exact) mass is 262 g/mol. The molecule has 1 aliphatic rings. The fourth-order valence-corrected chi connectivity index (χ4v) is 2.83. The second-order valence-electron chi connectivity index (χ2n) is 5.42. The van der Waals surface area contributed by atoms with Gasteiger partial charge in [-0.1, -0.05) is 25.5 Å². The first-order valence-corrected chi connectivity index (χ1v) is 7.33. The third-order valence-corrected chi connectivity index (χ3v) is 3.95. The first-order valence-electron chi connectivity index (χ1n) is 7.33. The fraction of sp³-hybridized carbons (Fsp3) is 0.625. The van der Waals surface area contributed by atoms with E-state index in [1.807, 2.05) is 0 Å². The third-order valence-electron chi connectivity index (χ3n) is 3.95. The summed E-state index contributed by atoms with van der Waals surface area (Å²) in [6.45, 7) is 8.75. The van der Waals surface area contributed by atoms with Crippen LogP contribution in [0.25, 0.3) is 0 Å². The number of nitrogens with zero attached hydrogens (tertiary/aromatic N) is 1. The molecule has 0 radical (unpaired) electrons. The second-order valence-corrected chi connectivity index (χ2v) is 5.42. The van der Waals surface area contributed by atoms with E-state index in [0.29, 0.717) is 6.04 Å². The average molecular weight is 262 g/mol. The Morgan fingerprint density at radius 3 is 3.00 bits per heavy atom. The van der Waals surface area contributed by atoms with Crippen LogP contribution in [-0.2, 0) is 6.54 Å². The molecule has 0 spiro atoms. The van der Waals surface area contributed by atoms with Crippen LogP contribution < -0.4 is 10.1 Å². The molecule has 3 heteroatoms. The van der Waals surface area contributed by atoms with Crippen molar-refractivity contribution in [2.45, 2.75) is 39.3 Å². The second kappa shape index (κ2) is 6.92. The molecular formula is C16H26N2O. The summed E-state index contributed by atoms with van der Waals surface area (Å²) in [5.41, 5.74) is 2.56. The van der Waals surface area contributed by atoms with Crippen molar-refractivity contribution in [3.8, 4) is 5.75 Å². The standard InChI is InChI=1S/C16H26N2O/c1-4-5-15-11-17-8-9-18(15)12-14-7-6-13(2)16(10-14)19-3/h6-7,10,15,17H,4-5,8-9,11-12H2,1-3H3. The van der Waals surface area contributed by atoms with Crippen LogP contribution in [0, 0.1) is 6.92 Å². The number of benzene rings is 1. The lowest BCUT2D eigenvalue weighted by atomic mass is 10.1. The van der Waals surface area contributed by atoms with Gasteiger partial charge in [0.1, 0.15) is 5.75 Å². The zero-order valence-corrected chi connectivity index (χ0v) is 12.4. The van der Waals surface area contributed by atoms with Crippen LogP contribution in [-0.4, -0.2) is 37.7 Å². The van der Waals surface area contributed by atoms with Crippen molar-refractivity contribution in [2.24, 2.45) is 0 Å². The van der Waals surface area contributed by atoms with Gasteiger partial charge in [0.15, 0.2) is 0 Å². The predicted molar refractivity (Wildman–Crippen MR) is 79.7 cm³/mol. The van der Waals surface area contributed by atoms with E-state index in [-0.39, 0.29) is 0 Å². The van der Waals surface area contributed by atoms with E-state index in [1.165, 1.54) is 24.0 Å². The molecular weight excluding hydrogens is 236 g/mol. The lowest BCUT2D eigenvalue weighted by Crippen LogP contribution is -2.50. The Labute approximate surface area is 116 Å². The van der Waals surface area contributed by atoms with Gasteiger partial charge in [-0.05, 0) is 30.5 Å². The van der Waals surface area contributed by atoms with Gasteiger partial charge in [-0.2, -0.15) is 0 Å². The molecule has 1 aromatic rings. The molecule has 2 rings (SSSR count). The van der Waals surface area contributed by atoms with Crippen LogP contribution in [0.3, 0.4) is 0 Å². The fourth-order valence-electron chi connectivity index (χ4n) is 2.83. The maximum Gasteiger partial charge on any atom is 0.122 e. The van der Waals surface area contributed by atoms with Crippen LogP contribution in [0.2, 0.25) is 0 Å². The molecule has 1 aliphatic heterocycles. The van der Waals surface area contributed by atoms with Gasteiger partial charge < -0.3 is 10.1 Å². The normalized spacial score (nSPS) is 20.5. The number of rotatable bonds is 5. The van der Waals surface area contributed by atoms with Gasteiger partial charge in [0.2, 0.25) is 0 Å². The van der Waals surface area contributed by atoms with Crippen LogP contribution in [0.1, 0.15) is 30.9 Å². The number of hydrogen-bond acceptors (Lipinski definition) is 3. The number of ether oxygens (including phenoxy) is 1. The predicted octanol–water partition coefficient (Wildman–Crippen LogP) is 2.58. The maximum absolute atomic E-state index is 5.42. The zero-order valence-electron chi connectivity index (χ0n) is 12.4. The molecule has 0 aliphatic carbocycles. The van der Waals surface area contributed by atoms with Gasteiger partial charge in [0, 0.05) is 32.2 Å². The minimum Gasteiger partial charge on any atom is -0.496 e. The molecule has 0 saturated carbocycles. The van der Waals surface area contributed by atoms with Gasteiger partial charge >= 0.3 is 0 Å². The summed E-state index contributed by atoms with van der Waals surface area (Å²) in [7, 11) is 1.75. The van der Waals surface area contributed by atoms with Crippen molar-refractivity contribution < 1.29 is 4.74 Å². The largest absolute Gasteiger partial charge is 0.496 e. The Bertz CT molecular complexity index is 404. The summed E-state index contributed by atoms with van der Waals surface area (Å²) < 4.78 is 5.42. The van der Waals surface area contributed by atoms with Crippen molar-refractivity contribution >= 4 is 0 Å². The Morgan fingerprint density at radius 2 is 2.26 bits per heavy atom.